The zero-order valence-electron chi connectivity index (χ0n) is 14.3. The molecule has 3 amide bonds. The van der Waals surface area contributed by atoms with Crippen LogP contribution in [0.5, 0.6) is 0 Å². The van der Waals surface area contributed by atoms with Gasteiger partial charge in [0.15, 0.2) is 0 Å². The van der Waals surface area contributed by atoms with Gasteiger partial charge in [-0.1, -0.05) is 32.1 Å². The molecule has 0 spiro atoms. The molecule has 6 nitrogen and oxygen atoms in total. The van der Waals surface area contributed by atoms with Gasteiger partial charge in [0.2, 0.25) is 17.7 Å². The van der Waals surface area contributed by atoms with E-state index in [0.717, 1.165) is 45.1 Å². The van der Waals surface area contributed by atoms with E-state index in [9.17, 15) is 14.4 Å². The first-order valence-corrected chi connectivity index (χ1v) is 9.59. The Morgan fingerprint density at radius 1 is 0.792 bits per heavy atom. The molecule has 24 heavy (non-hydrogen) atoms. The van der Waals surface area contributed by atoms with Crippen molar-refractivity contribution in [2.75, 3.05) is 13.2 Å². The lowest BCUT2D eigenvalue weighted by atomic mass is 9.81. The molecule has 2 unspecified atom stereocenters. The molecule has 2 heterocycles. The number of nitrogens with zero attached hydrogens (tertiary/aromatic N) is 3. The molecule has 2 saturated heterocycles. The minimum atomic E-state index is -0.132. The summed E-state index contributed by atoms with van der Waals surface area (Å²) in [6, 6.07) is 0.389. The molecule has 4 rings (SSSR count). The van der Waals surface area contributed by atoms with Crippen LogP contribution < -0.4 is 0 Å². The molecule has 132 valence electrons. The van der Waals surface area contributed by atoms with Crippen molar-refractivity contribution in [2.45, 2.75) is 70.3 Å². The van der Waals surface area contributed by atoms with Crippen LogP contribution in [0.25, 0.3) is 0 Å². The third-order valence-corrected chi connectivity index (χ3v) is 6.36. The van der Waals surface area contributed by atoms with Gasteiger partial charge in [-0.05, 0) is 25.7 Å². The van der Waals surface area contributed by atoms with Gasteiger partial charge in [0.05, 0.1) is 11.8 Å². The van der Waals surface area contributed by atoms with Crippen LogP contribution in [0.4, 0.5) is 0 Å². The standard InChI is InChI=1S/C18H27N3O3/c22-16-10-11-20(13-6-2-1-3-7-13)21(16)12-19-17(23)14-8-4-5-9-15(14)18(19)24/h13-15H,1-12H2. The second-order valence-corrected chi connectivity index (χ2v) is 7.74. The predicted octanol–water partition coefficient (Wildman–Crippen LogP) is 1.90. The van der Waals surface area contributed by atoms with Gasteiger partial charge in [0.1, 0.15) is 6.67 Å². The maximum Gasteiger partial charge on any atom is 0.239 e. The highest BCUT2D eigenvalue weighted by atomic mass is 16.2. The molecule has 4 aliphatic rings. The first-order valence-electron chi connectivity index (χ1n) is 9.59. The van der Waals surface area contributed by atoms with E-state index in [2.05, 4.69) is 5.01 Å². The summed E-state index contributed by atoms with van der Waals surface area (Å²) in [6.07, 6.45) is 10.1. The number of hydrogen-bond acceptors (Lipinski definition) is 4. The van der Waals surface area contributed by atoms with Gasteiger partial charge >= 0.3 is 0 Å². The number of carbonyl (C=O) groups excluding carboxylic acids is 3. The maximum absolute atomic E-state index is 12.7. The Labute approximate surface area is 143 Å². The summed E-state index contributed by atoms with van der Waals surface area (Å²) in [5.74, 6) is -0.309. The monoisotopic (exact) mass is 333 g/mol. The minimum Gasteiger partial charge on any atom is -0.274 e. The molecule has 4 fully saturated rings. The van der Waals surface area contributed by atoms with E-state index in [1.54, 1.807) is 5.01 Å². The van der Waals surface area contributed by atoms with Crippen molar-refractivity contribution in [3.05, 3.63) is 0 Å². The van der Waals surface area contributed by atoms with Crippen LogP contribution in [0.1, 0.15) is 64.2 Å². The Balaban J connectivity index is 1.49. The normalized spacial score (nSPS) is 32.8. The van der Waals surface area contributed by atoms with Crippen molar-refractivity contribution in [3.63, 3.8) is 0 Å². The molecule has 0 N–H and O–H groups in total. The van der Waals surface area contributed by atoms with Crippen LogP contribution in [0.2, 0.25) is 0 Å². The van der Waals surface area contributed by atoms with Gasteiger partial charge in [-0.25, -0.2) is 5.01 Å². The van der Waals surface area contributed by atoms with E-state index in [0.29, 0.717) is 12.5 Å². The third kappa shape index (κ3) is 2.65. The first-order chi connectivity index (χ1) is 11.7. The number of amides is 3. The largest absolute Gasteiger partial charge is 0.274 e. The Morgan fingerprint density at radius 2 is 1.38 bits per heavy atom. The van der Waals surface area contributed by atoms with Crippen molar-refractivity contribution in [3.8, 4) is 0 Å². The number of carbonyl (C=O) groups is 3. The Bertz CT molecular complexity index is 520. The Kier molecular flexibility index (Phi) is 4.33. The summed E-state index contributed by atoms with van der Waals surface area (Å²) in [7, 11) is 0. The number of likely N-dealkylation sites (tertiary alicyclic amines) is 1. The SMILES string of the molecule is O=C1C2CCCCC2C(=O)N1CN1C(=O)CCN1C1CCCCC1. The molecule has 6 heteroatoms. The van der Waals surface area contributed by atoms with E-state index < -0.39 is 0 Å². The molecule has 0 aromatic rings. The number of hydrazine groups is 1. The lowest BCUT2D eigenvalue weighted by molar-refractivity contribution is -0.156. The number of imide groups is 1. The molecule has 2 aliphatic heterocycles. The van der Waals surface area contributed by atoms with Crippen LogP contribution in [0.3, 0.4) is 0 Å². The Morgan fingerprint density at radius 3 is 2.00 bits per heavy atom. The molecular weight excluding hydrogens is 306 g/mol. The van der Waals surface area contributed by atoms with Gasteiger partial charge < -0.3 is 0 Å². The molecule has 2 atom stereocenters. The quantitative estimate of drug-likeness (QED) is 0.740. The fourth-order valence-corrected chi connectivity index (χ4v) is 5.03. The molecule has 0 aromatic heterocycles. The summed E-state index contributed by atoms with van der Waals surface area (Å²) in [4.78, 5) is 39.1. The van der Waals surface area contributed by atoms with Crippen LogP contribution in [0, 0.1) is 11.8 Å². The van der Waals surface area contributed by atoms with Crippen molar-refractivity contribution in [2.24, 2.45) is 11.8 Å². The van der Waals surface area contributed by atoms with E-state index in [4.69, 9.17) is 0 Å². The number of fused-ring (bicyclic) bond motifs is 1. The summed E-state index contributed by atoms with van der Waals surface area (Å²) in [6.45, 7) is 0.868. The fraction of sp³-hybridized carbons (Fsp3) is 0.833. The van der Waals surface area contributed by atoms with Gasteiger partial charge in [-0.15, -0.1) is 0 Å². The lowest BCUT2D eigenvalue weighted by Gasteiger charge is -2.38. The third-order valence-electron chi connectivity index (χ3n) is 6.36. The van der Waals surface area contributed by atoms with Crippen molar-refractivity contribution < 1.29 is 14.4 Å². The molecule has 0 radical (unpaired) electrons. The number of hydrogen-bond donors (Lipinski definition) is 0. The van der Waals surface area contributed by atoms with Crippen LogP contribution in [-0.4, -0.2) is 51.9 Å². The van der Waals surface area contributed by atoms with Crippen LogP contribution in [0.15, 0.2) is 0 Å². The molecule has 2 saturated carbocycles. The van der Waals surface area contributed by atoms with Crippen molar-refractivity contribution in [1.29, 1.82) is 0 Å². The smallest absolute Gasteiger partial charge is 0.239 e. The Hall–Kier alpha value is -1.43. The summed E-state index contributed by atoms with van der Waals surface area (Å²) in [5, 5.41) is 3.84. The van der Waals surface area contributed by atoms with Gasteiger partial charge in [-0.3, -0.25) is 24.3 Å². The summed E-state index contributed by atoms with van der Waals surface area (Å²) < 4.78 is 0. The number of rotatable bonds is 3. The van der Waals surface area contributed by atoms with Crippen LogP contribution >= 0.6 is 0 Å². The van der Waals surface area contributed by atoms with Crippen LogP contribution in [-0.2, 0) is 14.4 Å². The highest BCUT2D eigenvalue weighted by Gasteiger charge is 2.49. The second kappa shape index (κ2) is 6.47. The lowest BCUT2D eigenvalue weighted by Crippen LogP contribution is -2.52. The summed E-state index contributed by atoms with van der Waals surface area (Å²) in [5.41, 5.74) is 0. The zero-order chi connectivity index (χ0) is 16.7. The van der Waals surface area contributed by atoms with Crippen molar-refractivity contribution >= 4 is 17.7 Å². The molecule has 0 aromatic carbocycles. The average Bonchev–Trinajstić information content (AvgIpc) is 3.10. The second-order valence-electron chi connectivity index (χ2n) is 7.74. The van der Waals surface area contributed by atoms with E-state index >= 15 is 0 Å². The van der Waals surface area contributed by atoms with E-state index in [1.807, 2.05) is 0 Å². The molecular formula is C18H27N3O3. The predicted molar refractivity (Wildman–Crippen MR) is 87.2 cm³/mol. The fourth-order valence-electron chi connectivity index (χ4n) is 5.03. The molecule has 0 bridgehead atoms. The zero-order valence-corrected chi connectivity index (χ0v) is 14.3. The van der Waals surface area contributed by atoms with E-state index in [1.165, 1.54) is 24.2 Å². The molecule has 2 aliphatic carbocycles. The highest BCUT2D eigenvalue weighted by molar-refractivity contribution is 6.05. The minimum absolute atomic E-state index is 0.0482. The average molecular weight is 333 g/mol. The van der Waals surface area contributed by atoms with E-state index in [-0.39, 0.29) is 36.2 Å². The first kappa shape index (κ1) is 16.1. The van der Waals surface area contributed by atoms with Gasteiger partial charge in [0, 0.05) is 19.0 Å². The van der Waals surface area contributed by atoms with Crippen molar-refractivity contribution in [1.82, 2.24) is 14.9 Å². The van der Waals surface area contributed by atoms with Gasteiger partial charge in [0.25, 0.3) is 0 Å². The summed E-state index contributed by atoms with van der Waals surface area (Å²) >= 11 is 0. The highest BCUT2D eigenvalue weighted by Crippen LogP contribution is 2.38. The maximum atomic E-state index is 12.7. The topological polar surface area (TPSA) is 60.9 Å². The van der Waals surface area contributed by atoms with Gasteiger partial charge in [-0.2, -0.15) is 0 Å².